The van der Waals surface area contributed by atoms with E-state index in [4.69, 9.17) is 0 Å². The zero-order valence-electron chi connectivity index (χ0n) is 52.4. The summed E-state index contributed by atoms with van der Waals surface area (Å²) in [5.74, 6) is -0.0707. The fourth-order valence-corrected chi connectivity index (χ4v) is 10.6. The molecule has 78 heavy (non-hydrogen) atoms. The number of amides is 1. The second-order valence-corrected chi connectivity index (χ2v) is 23.6. The van der Waals surface area contributed by atoms with Crippen molar-refractivity contribution in [3.8, 4) is 0 Å². The van der Waals surface area contributed by atoms with Crippen molar-refractivity contribution in [3.05, 3.63) is 85.1 Å². The molecular weight excluding hydrogens is 951 g/mol. The van der Waals surface area contributed by atoms with E-state index < -0.39 is 12.1 Å². The molecule has 454 valence electrons. The number of aliphatic hydroxyl groups is 2. The number of carbonyl (C=O) groups is 1. The summed E-state index contributed by atoms with van der Waals surface area (Å²) in [5.41, 5.74) is 0. The molecule has 0 aliphatic heterocycles. The molecule has 2 atom stereocenters. The van der Waals surface area contributed by atoms with Crippen LogP contribution < -0.4 is 5.32 Å². The van der Waals surface area contributed by atoms with Gasteiger partial charge in [0, 0.05) is 6.42 Å². The highest BCUT2D eigenvalue weighted by atomic mass is 16.3. The maximum Gasteiger partial charge on any atom is 0.220 e. The second kappa shape index (κ2) is 68.8. The monoisotopic (exact) mass is 1090 g/mol. The number of aliphatic hydroxyl groups excluding tert-OH is 2. The van der Waals surface area contributed by atoms with Crippen LogP contribution in [-0.2, 0) is 4.79 Å². The fraction of sp³-hybridized carbons (Fsp3) is 0.797. The van der Waals surface area contributed by atoms with Crippen LogP contribution in [0.1, 0.15) is 361 Å². The average molecular weight is 1090 g/mol. The zero-order valence-corrected chi connectivity index (χ0v) is 52.4. The summed E-state index contributed by atoms with van der Waals surface area (Å²) >= 11 is 0. The maximum atomic E-state index is 12.5. The number of unbranched alkanes of at least 4 members (excludes halogenated alkanes) is 45. The van der Waals surface area contributed by atoms with Crippen molar-refractivity contribution in [2.24, 2.45) is 0 Å². The van der Waals surface area contributed by atoms with Crippen molar-refractivity contribution in [2.75, 3.05) is 6.61 Å². The number of rotatable bonds is 64. The molecule has 0 aliphatic carbocycles. The third-order valence-electron chi connectivity index (χ3n) is 15.9. The minimum atomic E-state index is -0.867. The smallest absolute Gasteiger partial charge is 0.220 e. The summed E-state index contributed by atoms with van der Waals surface area (Å²) in [7, 11) is 0. The Bertz CT molecular complexity index is 1370. The Morgan fingerprint density at radius 2 is 0.577 bits per heavy atom. The lowest BCUT2D eigenvalue weighted by Crippen LogP contribution is -2.45. The van der Waals surface area contributed by atoms with Crippen molar-refractivity contribution in [1.82, 2.24) is 5.32 Å². The molecule has 0 rings (SSSR count). The van der Waals surface area contributed by atoms with Crippen LogP contribution in [0.5, 0.6) is 0 Å². The van der Waals surface area contributed by atoms with Gasteiger partial charge in [-0.1, -0.05) is 362 Å². The zero-order chi connectivity index (χ0) is 56.2. The maximum absolute atomic E-state index is 12.5. The van der Waals surface area contributed by atoms with Gasteiger partial charge in [0.05, 0.1) is 18.8 Å². The van der Waals surface area contributed by atoms with Gasteiger partial charge < -0.3 is 15.5 Å². The number of carbonyl (C=O) groups excluding carboxylic acids is 1. The van der Waals surface area contributed by atoms with Crippen molar-refractivity contribution >= 4 is 5.91 Å². The van der Waals surface area contributed by atoms with Gasteiger partial charge >= 0.3 is 0 Å². The molecule has 0 heterocycles. The van der Waals surface area contributed by atoms with E-state index in [1.165, 1.54) is 276 Å². The summed E-state index contributed by atoms with van der Waals surface area (Å²) in [6.07, 6.45) is 101. The van der Waals surface area contributed by atoms with Gasteiger partial charge in [-0.05, 0) is 77.0 Å². The molecule has 4 heteroatoms. The van der Waals surface area contributed by atoms with Gasteiger partial charge in [-0.3, -0.25) is 4.79 Å². The summed E-state index contributed by atoms with van der Waals surface area (Å²) < 4.78 is 0. The van der Waals surface area contributed by atoms with Crippen molar-refractivity contribution in [1.29, 1.82) is 0 Å². The van der Waals surface area contributed by atoms with Crippen LogP contribution in [0.4, 0.5) is 0 Å². The van der Waals surface area contributed by atoms with Crippen LogP contribution in [0.15, 0.2) is 85.1 Å². The third-order valence-corrected chi connectivity index (χ3v) is 15.9. The van der Waals surface area contributed by atoms with E-state index in [-0.39, 0.29) is 12.5 Å². The normalized spacial score (nSPS) is 13.2. The second-order valence-electron chi connectivity index (χ2n) is 23.6. The van der Waals surface area contributed by atoms with Gasteiger partial charge in [0.1, 0.15) is 0 Å². The molecule has 0 aromatic rings. The van der Waals surface area contributed by atoms with Crippen LogP contribution in [0.2, 0.25) is 0 Å². The SMILES string of the molecule is CC/C=C\C/C=C\C/C=C\C/C=C\C/C=C\CCCCCCCCCCCCCCCCCCCC(=O)NC(CO)C(O)/C=C/CC/C=C/CCCCCCCCCCCCCCCCCCCCCCCCCCCCC. The van der Waals surface area contributed by atoms with E-state index in [9.17, 15) is 15.0 Å². The molecule has 0 aromatic heterocycles. The first-order valence-corrected chi connectivity index (χ1v) is 34.8. The Hall–Kier alpha value is -2.43. The van der Waals surface area contributed by atoms with Crippen LogP contribution in [0.25, 0.3) is 0 Å². The fourth-order valence-electron chi connectivity index (χ4n) is 10.6. The predicted octanol–water partition coefficient (Wildman–Crippen LogP) is 23.8. The Morgan fingerprint density at radius 1 is 0.321 bits per heavy atom. The molecule has 3 N–H and O–H groups in total. The van der Waals surface area contributed by atoms with Crippen molar-refractivity contribution in [2.45, 2.75) is 373 Å². The van der Waals surface area contributed by atoms with Crippen LogP contribution >= 0.6 is 0 Å². The standard InChI is InChI=1S/C74H135NO3/c1-3-5-7-9-11-13-15-17-19-21-23-25-27-29-31-33-35-37-39-41-43-45-47-49-51-53-55-57-59-61-63-65-67-69-73(77)72(71-76)75-74(78)70-68-66-64-62-60-58-56-54-52-50-48-46-44-42-40-38-36-34-32-30-28-26-24-22-20-18-16-14-12-10-8-6-4-2/h6,8,12,14,18,20,24,26,30,32,59,61,67,69,72-73,76-77H,3-5,7,9-11,13,15-17,19,21-23,25,27-29,31,33-58,60,62-66,68,70-71H2,1-2H3,(H,75,78)/b8-6-,14-12-,20-18-,26-24-,32-30-,61-59+,69-67+. The number of hydrogen-bond acceptors (Lipinski definition) is 3. The molecule has 0 saturated carbocycles. The molecule has 0 fully saturated rings. The highest BCUT2D eigenvalue weighted by Crippen LogP contribution is 2.18. The minimum Gasteiger partial charge on any atom is -0.394 e. The minimum absolute atomic E-state index is 0.0707. The lowest BCUT2D eigenvalue weighted by Gasteiger charge is -2.19. The van der Waals surface area contributed by atoms with Crippen LogP contribution in [0, 0.1) is 0 Å². The molecule has 2 unspecified atom stereocenters. The molecule has 4 nitrogen and oxygen atoms in total. The first-order valence-electron chi connectivity index (χ1n) is 34.8. The number of hydrogen-bond donors (Lipinski definition) is 3. The van der Waals surface area contributed by atoms with Gasteiger partial charge in [-0.2, -0.15) is 0 Å². The summed E-state index contributed by atoms with van der Waals surface area (Å²) in [6, 6.07) is -0.644. The molecule has 0 aromatic carbocycles. The van der Waals surface area contributed by atoms with Crippen LogP contribution in [-0.4, -0.2) is 34.9 Å². The first-order chi connectivity index (χ1) is 38.7. The molecule has 1 amide bonds. The van der Waals surface area contributed by atoms with Gasteiger partial charge in [0.2, 0.25) is 5.91 Å². The highest BCUT2D eigenvalue weighted by molar-refractivity contribution is 5.76. The molecule has 0 bridgehead atoms. The van der Waals surface area contributed by atoms with E-state index in [1.807, 2.05) is 6.08 Å². The first kappa shape index (κ1) is 75.6. The van der Waals surface area contributed by atoms with E-state index in [1.54, 1.807) is 6.08 Å². The molecule has 0 radical (unpaired) electrons. The van der Waals surface area contributed by atoms with E-state index in [2.05, 4.69) is 92.1 Å². The summed E-state index contributed by atoms with van der Waals surface area (Å²) in [4.78, 5) is 12.5. The topological polar surface area (TPSA) is 69.6 Å². The molecule has 0 saturated heterocycles. The molecule has 0 spiro atoms. The number of allylic oxidation sites excluding steroid dienone is 13. The lowest BCUT2D eigenvalue weighted by atomic mass is 10.0. The summed E-state index contributed by atoms with van der Waals surface area (Å²) in [6.45, 7) is 4.22. The average Bonchev–Trinajstić information content (AvgIpc) is 3.44. The Morgan fingerprint density at radius 3 is 0.897 bits per heavy atom. The summed E-state index contributed by atoms with van der Waals surface area (Å²) in [5, 5.41) is 23.3. The Kier molecular flexibility index (Phi) is 66.7. The van der Waals surface area contributed by atoms with Gasteiger partial charge in [0.25, 0.3) is 0 Å². The third kappa shape index (κ3) is 64.4. The van der Waals surface area contributed by atoms with Gasteiger partial charge in [0.15, 0.2) is 0 Å². The van der Waals surface area contributed by atoms with E-state index >= 15 is 0 Å². The molecule has 0 aliphatic rings. The molecular formula is C74H135NO3. The largest absolute Gasteiger partial charge is 0.394 e. The van der Waals surface area contributed by atoms with Gasteiger partial charge in [-0.25, -0.2) is 0 Å². The van der Waals surface area contributed by atoms with Crippen molar-refractivity contribution < 1.29 is 15.0 Å². The van der Waals surface area contributed by atoms with Crippen LogP contribution in [0.3, 0.4) is 0 Å². The Balaban J connectivity index is 3.48. The predicted molar refractivity (Wildman–Crippen MR) is 350 cm³/mol. The highest BCUT2D eigenvalue weighted by Gasteiger charge is 2.18. The van der Waals surface area contributed by atoms with E-state index in [0.717, 1.165) is 64.2 Å². The number of nitrogens with one attached hydrogen (secondary N) is 1. The quantitative estimate of drug-likeness (QED) is 0.0420. The van der Waals surface area contributed by atoms with Crippen molar-refractivity contribution in [3.63, 3.8) is 0 Å². The Labute approximate surface area is 488 Å². The lowest BCUT2D eigenvalue weighted by molar-refractivity contribution is -0.123. The van der Waals surface area contributed by atoms with E-state index in [0.29, 0.717) is 6.42 Å². The van der Waals surface area contributed by atoms with Gasteiger partial charge in [-0.15, -0.1) is 0 Å².